The van der Waals surface area contributed by atoms with Crippen LogP contribution >= 0.6 is 11.6 Å². The molecule has 10 nitrogen and oxygen atoms in total. The van der Waals surface area contributed by atoms with E-state index in [0.29, 0.717) is 12.2 Å². The Morgan fingerprint density at radius 3 is 2.68 bits per heavy atom. The van der Waals surface area contributed by atoms with Crippen molar-refractivity contribution in [2.45, 2.75) is 64.9 Å². The van der Waals surface area contributed by atoms with E-state index in [0.717, 1.165) is 5.69 Å². The first kappa shape index (κ1) is 23.3. The molecule has 2 unspecified atom stereocenters. The summed E-state index contributed by atoms with van der Waals surface area (Å²) < 4.78 is 7.34. The lowest BCUT2D eigenvalue weighted by Crippen LogP contribution is -2.47. The maximum atomic E-state index is 12.8. The van der Waals surface area contributed by atoms with Crippen molar-refractivity contribution < 1.29 is 24.2 Å². The van der Waals surface area contributed by atoms with Gasteiger partial charge in [-0.15, -0.1) is 11.6 Å². The third-order valence-electron chi connectivity index (χ3n) is 5.46. The minimum Gasteiger partial charge on any atom is -0.444 e. The largest absolute Gasteiger partial charge is 0.444 e. The Labute approximate surface area is 186 Å². The molecule has 0 radical (unpaired) electrons. The molecule has 0 spiro atoms. The summed E-state index contributed by atoms with van der Waals surface area (Å²) in [4.78, 5) is 42.3. The summed E-state index contributed by atoms with van der Waals surface area (Å²) in [5, 5.41) is 13.7. The van der Waals surface area contributed by atoms with Gasteiger partial charge in [0.25, 0.3) is 0 Å². The molecular weight excluding hydrogens is 426 g/mol. The number of hydrogen-bond donors (Lipinski definition) is 1. The van der Waals surface area contributed by atoms with Crippen molar-refractivity contribution in [1.82, 2.24) is 19.6 Å². The van der Waals surface area contributed by atoms with Gasteiger partial charge in [0.1, 0.15) is 11.5 Å². The van der Waals surface area contributed by atoms with Crippen LogP contribution in [0.4, 0.5) is 10.5 Å². The number of carbonyl (C=O) groups is 3. The van der Waals surface area contributed by atoms with Crippen molar-refractivity contribution >= 4 is 35.2 Å². The van der Waals surface area contributed by atoms with E-state index in [9.17, 15) is 19.5 Å². The van der Waals surface area contributed by atoms with E-state index in [-0.39, 0.29) is 62.4 Å². The zero-order valence-corrected chi connectivity index (χ0v) is 19.1. The zero-order chi connectivity index (χ0) is 22.9. The number of ether oxygens (including phenoxy) is 1. The molecule has 2 atom stereocenters. The average molecular weight is 456 g/mol. The molecule has 1 fully saturated rings. The van der Waals surface area contributed by atoms with Crippen LogP contribution in [-0.4, -0.2) is 85.9 Å². The molecule has 0 aliphatic carbocycles. The summed E-state index contributed by atoms with van der Waals surface area (Å²) in [5.74, 6) is -0.678. The van der Waals surface area contributed by atoms with E-state index in [2.05, 4.69) is 5.10 Å². The molecule has 3 heterocycles. The van der Waals surface area contributed by atoms with Crippen LogP contribution in [0, 0.1) is 0 Å². The highest BCUT2D eigenvalue weighted by Gasteiger charge is 2.40. The molecule has 172 valence electrons. The van der Waals surface area contributed by atoms with E-state index in [1.165, 1.54) is 4.90 Å². The second kappa shape index (κ2) is 9.04. The Hall–Kier alpha value is -2.33. The van der Waals surface area contributed by atoms with Gasteiger partial charge in [0.2, 0.25) is 11.8 Å². The van der Waals surface area contributed by atoms with Gasteiger partial charge in [0.15, 0.2) is 0 Å². The third-order valence-corrected chi connectivity index (χ3v) is 5.68. The third kappa shape index (κ3) is 4.95. The molecule has 1 saturated heterocycles. The van der Waals surface area contributed by atoms with E-state index in [1.54, 1.807) is 20.7 Å². The minimum absolute atomic E-state index is 0.112. The number of nitrogens with zero attached hydrogens (tertiary/aromatic N) is 5. The zero-order valence-electron chi connectivity index (χ0n) is 18.4. The molecule has 1 aromatic rings. The summed E-state index contributed by atoms with van der Waals surface area (Å²) >= 11 is 5.70. The van der Waals surface area contributed by atoms with E-state index < -0.39 is 11.7 Å². The fraction of sp³-hybridized carbons (Fsp3) is 0.700. The predicted octanol–water partition coefficient (Wildman–Crippen LogP) is 1.19. The van der Waals surface area contributed by atoms with Gasteiger partial charge in [-0.05, 0) is 27.7 Å². The van der Waals surface area contributed by atoms with Gasteiger partial charge in [-0.3, -0.25) is 19.2 Å². The maximum absolute atomic E-state index is 12.8. The van der Waals surface area contributed by atoms with Crippen LogP contribution in [0.3, 0.4) is 0 Å². The van der Waals surface area contributed by atoms with Crippen LogP contribution in [0.15, 0.2) is 6.20 Å². The van der Waals surface area contributed by atoms with Gasteiger partial charge in [0.05, 0.1) is 49.4 Å². The number of aliphatic hydroxyl groups excluding tert-OH is 1. The van der Waals surface area contributed by atoms with Crippen molar-refractivity contribution in [3.8, 4) is 0 Å². The lowest BCUT2D eigenvalue weighted by atomic mass is 10.2. The molecule has 11 heteroatoms. The monoisotopic (exact) mass is 455 g/mol. The first-order valence-electron chi connectivity index (χ1n) is 10.4. The second-order valence-corrected chi connectivity index (χ2v) is 9.19. The van der Waals surface area contributed by atoms with Crippen LogP contribution in [0.2, 0.25) is 0 Å². The Morgan fingerprint density at radius 2 is 2.06 bits per heavy atom. The molecule has 31 heavy (non-hydrogen) atoms. The molecule has 2 aliphatic heterocycles. The average Bonchev–Trinajstić information content (AvgIpc) is 3.25. The Kier molecular flexibility index (Phi) is 6.80. The van der Waals surface area contributed by atoms with E-state index in [1.807, 2.05) is 27.7 Å². The molecule has 0 bridgehead atoms. The fourth-order valence-corrected chi connectivity index (χ4v) is 4.16. The predicted molar refractivity (Wildman–Crippen MR) is 114 cm³/mol. The molecule has 2 aliphatic rings. The first-order chi connectivity index (χ1) is 14.6. The normalized spacial score (nSPS) is 21.3. The van der Waals surface area contributed by atoms with Gasteiger partial charge >= 0.3 is 6.09 Å². The van der Waals surface area contributed by atoms with Crippen LogP contribution in [0.25, 0.3) is 0 Å². The Morgan fingerprint density at radius 1 is 1.35 bits per heavy atom. The summed E-state index contributed by atoms with van der Waals surface area (Å²) in [6.45, 7) is 8.32. The molecule has 0 saturated carbocycles. The highest BCUT2D eigenvalue weighted by molar-refractivity contribution is 6.27. The van der Waals surface area contributed by atoms with Gasteiger partial charge in [-0.25, -0.2) is 4.79 Å². The number of halogens is 1. The van der Waals surface area contributed by atoms with Gasteiger partial charge < -0.3 is 19.6 Å². The number of carbonyl (C=O) groups excluding carboxylic acids is 3. The lowest BCUT2D eigenvalue weighted by Gasteiger charge is -2.36. The quantitative estimate of drug-likeness (QED) is 0.668. The summed E-state index contributed by atoms with van der Waals surface area (Å²) in [6, 6.07) is -0.496. The van der Waals surface area contributed by atoms with Crippen LogP contribution in [0.1, 0.15) is 39.8 Å². The topological polar surface area (TPSA) is 108 Å². The van der Waals surface area contributed by atoms with Gasteiger partial charge in [0, 0.05) is 19.5 Å². The molecule has 3 rings (SSSR count). The van der Waals surface area contributed by atoms with Gasteiger partial charge in [-0.1, -0.05) is 0 Å². The van der Waals surface area contributed by atoms with Gasteiger partial charge in [-0.2, -0.15) is 5.10 Å². The molecule has 1 N–H and O–H groups in total. The highest BCUT2D eigenvalue weighted by Crippen LogP contribution is 2.32. The van der Waals surface area contributed by atoms with Crippen molar-refractivity contribution in [2.24, 2.45) is 0 Å². The molecule has 1 aromatic heterocycles. The summed E-state index contributed by atoms with van der Waals surface area (Å²) in [6.07, 6.45) is 1.35. The number of rotatable bonds is 5. The van der Waals surface area contributed by atoms with E-state index in [4.69, 9.17) is 16.3 Å². The van der Waals surface area contributed by atoms with Crippen molar-refractivity contribution in [3.05, 3.63) is 11.9 Å². The second-order valence-electron chi connectivity index (χ2n) is 8.92. The van der Waals surface area contributed by atoms with Crippen LogP contribution < -0.4 is 4.90 Å². The van der Waals surface area contributed by atoms with Crippen molar-refractivity contribution in [1.29, 1.82) is 0 Å². The minimum atomic E-state index is -0.611. The standard InChI is InChI=1S/C20H30ClN5O5/c1-13-10-26-16(12-24(13)19(30)31-20(2,3)4)15(9-22-26)25-11-14(7-17(25)28)23(5-6-27)18(29)8-21/h9,13-14,27H,5-8,10-12H2,1-4H3. The summed E-state index contributed by atoms with van der Waals surface area (Å²) in [5.41, 5.74) is 0.756. The highest BCUT2D eigenvalue weighted by atomic mass is 35.5. The number of anilines is 1. The smallest absolute Gasteiger partial charge is 0.410 e. The SMILES string of the molecule is CC1Cn2ncc(N3CC(N(CCO)C(=O)CCl)CC3=O)c2CN1C(=O)OC(C)(C)C. The number of fused-ring (bicyclic) bond motifs is 1. The number of alkyl halides is 1. The summed E-state index contributed by atoms with van der Waals surface area (Å²) in [7, 11) is 0. The number of aromatic nitrogens is 2. The van der Waals surface area contributed by atoms with Crippen molar-refractivity contribution in [3.63, 3.8) is 0 Å². The molecular formula is C20H30ClN5O5. The molecule has 0 aromatic carbocycles. The van der Waals surface area contributed by atoms with Crippen LogP contribution in [0.5, 0.6) is 0 Å². The maximum Gasteiger partial charge on any atom is 0.410 e. The Balaban J connectivity index is 1.81. The number of amides is 3. The first-order valence-corrected chi connectivity index (χ1v) is 10.9. The van der Waals surface area contributed by atoms with Crippen molar-refractivity contribution in [2.75, 3.05) is 30.5 Å². The van der Waals surface area contributed by atoms with E-state index >= 15 is 0 Å². The molecule has 3 amide bonds. The Bertz CT molecular complexity index is 852. The van der Waals surface area contributed by atoms with Crippen LogP contribution in [-0.2, 0) is 27.4 Å². The number of hydrogen-bond acceptors (Lipinski definition) is 6. The fourth-order valence-electron chi connectivity index (χ4n) is 4.00. The number of aliphatic hydroxyl groups is 1. The lowest BCUT2D eigenvalue weighted by molar-refractivity contribution is -0.131.